The van der Waals surface area contributed by atoms with Crippen LogP contribution in [0, 0.1) is 0 Å². The van der Waals surface area contributed by atoms with Gasteiger partial charge in [-0.1, -0.05) is 0 Å². The van der Waals surface area contributed by atoms with Crippen LogP contribution >= 0.6 is 0 Å². The molecule has 98 heavy (non-hydrogen) atoms. The number of rotatable bonds is 35. The van der Waals surface area contributed by atoms with Crippen molar-refractivity contribution >= 4 is 41.8 Å². The van der Waals surface area contributed by atoms with Crippen LogP contribution in [-0.2, 0) is 33.6 Å². The van der Waals surface area contributed by atoms with Gasteiger partial charge in [-0.05, 0) is 0 Å². The summed E-state index contributed by atoms with van der Waals surface area (Å²) in [6, 6.07) is 0. The fourth-order valence-corrected chi connectivity index (χ4v) is 4.63. The Bertz CT molecular complexity index is 1600. The topological polar surface area (TPSA) is 989 Å². The van der Waals surface area contributed by atoms with Gasteiger partial charge in [0.2, 0.25) is 0 Å². The predicted molar refractivity (Wildman–Crippen MR) is 253 cm³/mol. The van der Waals surface area contributed by atoms with Gasteiger partial charge in [-0.3, -0.25) is 0 Å². The minimum Gasteiger partial charge on any atom is -0.547 e. The summed E-state index contributed by atoms with van der Waals surface area (Å²) >= 11 is 0. The van der Waals surface area contributed by atoms with E-state index in [1.54, 1.807) is 0 Å². The summed E-state index contributed by atoms with van der Waals surface area (Å²) in [6.45, 7) is -6.04. The fraction of sp³-hybridized carbons (Fsp3) is 0.833. The number of aliphatic hydroxyl groups excluding tert-OH is 35. The first kappa shape index (κ1) is 137. The fourth-order valence-electron chi connectivity index (χ4n) is 4.63. The Labute approximate surface area is 849 Å². The van der Waals surface area contributed by atoms with Gasteiger partial charge in [0.1, 0.15) is 171 Å². The second kappa shape index (κ2) is 77.3. The molecule has 56 heteroatoms. The van der Waals surface area contributed by atoms with Crippen molar-refractivity contribution in [2.45, 2.75) is 171 Å². The van der Waals surface area contributed by atoms with Crippen LogP contribution in [0.4, 0.5) is 0 Å². The van der Waals surface area contributed by atoms with Crippen molar-refractivity contribution < 1.29 is 608 Å². The van der Waals surface area contributed by atoms with Crippen molar-refractivity contribution in [3.63, 3.8) is 0 Å². The molecule has 49 nitrogen and oxygen atoms in total. The number of aliphatic hydroxyl groups is 35. The third-order valence-corrected chi connectivity index (χ3v) is 10.5. The van der Waals surface area contributed by atoms with Gasteiger partial charge in [-0.25, -0.2) is 0 Å². The molecule has 0 amide bonds. The molecule has 0 aromatic heterocycles. The average molecular weight is 1640 g/mol. The van der Waals surface area contributed by atoms with Gasteiger partial charge in [-0.15, -0.1) is 0 Å². The quantitative estimate of drug-likeness (QED) is 0.0262. The first-order valence-corrected chi connectivity index (χ1v) is 24.2. The normalized spacial score (nSPS) is 18.9. The predicted octanol–water partition coefficient (Wildman–Crippen LogP) is -54.8. The first-order valence-electron chi connectivity index (χ1n) is 24.2. The third-order valence-electron chi connectivity index (χ3n) is 10.5. The largest absolute Gasteiger partial charge is 1.00 e. The smallest absolute Gasteiger partial charge is 0.547 e. The van der Waals surface area contributed by atoms with Crippen LogP contribution in [0.5, 0.6) is 0 Å². The second-order valence-corrected chi connectivity index (χ2v) is 17.5. The van der Waals surface area contributed by atoms with Crippen LogP contribution < -0.4 is 395 Å². The third kappa shape index (κ3) is 60.0. The molecule has 0 aliphatic rings. The molecule has 0 unspecified atom stereocenters. The number of carboxylic acids is 7. The van der Waals surface area contributed by atoms with E-state index in [2.05, 4.69) is 0 Å². The standard InChI is InChI=1S/7C6H12O7.7K/c7*7-1-2(8)3(9)4(10)5(11)6(12)13;;;;;;;/h7*2-5,7-11H,1H2,(H,12,13);;;;;;;/q;;;;;;;7*+1/p-7/t7*2-,3-,4+,5-;;;;;;;/m1111111......./s1. The van der Waals surface area contributed by atoms with Gasteiger partial charge in [0.25, 0.3) is 0 Å². The summed E-state index contributed by atoms with van der Waals surface area (Å²) in [5, 5.41) is 374. The van der Waals surface area contributed by atoms with E-state index in [9.17, 15) is 69.3 Å². The Hall–Kier alpha value is 6.34. The van der Waals surface area contributed by atoms with Gasteiger partial charge < -0.3 is 248 Å². The van der Waals surface area contributed by atoms with Gasteiger partial charge >= 0.3 is 360 Å². The molecule has 0 aliphatic carbocycles. The first-order chi connectivity index (χ1) is 41.4. The molecule has 0 bridgehead atoms. The zero-order valence-corrected chi connectivity index (χ0v) is 74.8. The van der Waals surface area contributed by atoms with Crippen molar-refractivity contribution in [2.24, 2.45) is 0 Å². The molecule has 0 radical (unpaired) electrons. The molecule has 0 spiro atoms. The summed E-state index contributed by atoms with van der Waals surface area (Å²) < 4.78 is 0. The van der Waals surface area contributed by atoms with Crippen LogP contribution in [0.2, 0.25) is 0 Å². The Morgan fingerprint density at radius 3 is 0.265 bits per heavy atom. The molecule has 0 rings (SSSR count). The van der Waals surface area contributed by atoms with Gasteiger partial charge in [0.15, 0.2) is 0 Å². The molecule has 28 atom stereocenters. The van der Waals surface area contributed by atoms with Crippen LogP contribution in [-0.4, -0.2) is 438 Å². The monoisotopic (exact) mass is 1640 g/mol. The molecule has 0 aromatic rings. The Balaban J connectivity index is -0.0000000692. The van der Waals surface area contributed by atoms with E-state index in [0.717, 1.165) is 0 Å². The van der Waals surface area contributed by atoms with E-state index in [4.69, 9.17) is 179 Å². The van der Waals surface area contributed by atoms with Crippen LogP contribution in [0.3, 0.4) is 0 Å². The number of hydrogen-bond acceptors (Lipinski definition) is 49. The number of carbonyl (C=O) groups is 7. The molecule has 0 saturated heterocycles. The molecular formula is C42H77K7O49. The molecule has 0 heterocycles. The number of carboxylic acid groups (broad SMARTS) is 7. The number of aliphatic carboxylic acids is 7. The van der Waals surface area contributed by atoms with E-state index in [1.807, 2.05) is 0 Å². The molecule has 35 N–H and O–H groups in total. The van der Waals surface area contributed by atoms with Crippen LogP contribution in [0.15, 0.2) is 0 Å². The van der Waals surface area contributed by atoms with E-state index in [-0.39, 0.29) is 360 Å². The Morgan fingerprint density at radius 1 is 0.163 bits per heavy atom. The van der Waals surface area contributed by atoms with Gasteiger partial charge in [0, 0.05) is 0 Å². The average Bonchev–Trinajstić information content (AvgIpc) is 3.53. The van der Waals surface area contributed by atoms with Crippen molar-refractivity contribution in [3.05, 3.63) is 0 Å². The maximum atomic E-state index is 9.98. The van der Waals surface area contributed by atoms with Crippen molar-refractivity contribution in [2.75, 3.05) is 46.2 Å². The molecule has 0 aliphatic heterocycles. The second-order valence-electron chi connectivity index (χ2n) is 17.5. The van der Waals surface area contributed by atoms with E-state index >= 15 is 0 Å². The minimum absolute atomic E-state index is 0. The summed E-state index contributed by atoms with van der Waals surface area (Å²) in [5.41, 5.74) is 0. The van der Waals surface area contributed by atoms with Crippen molar-refractivity contribution in [1.29, 1.82) is 0 Å². The Morgan fingerprint density at radius 2 is 0.224 bits per heavy atom. The maximum absolute atomic E-state index is 9.98. The zero-order valence-electron chi connectivity index (χ0n) is 53.0. The van der Waals surface area contributed by atoms with Gasteiger partial charge in [-0.2, -0.15) is 0 Å². The van der Waals surface area contributed by atoms with Crippen LogP contribution in [0.1, 0.15) is 0 Å². The number of hydrogen-bond donors (Lipinski definition) is 35. The van der Waals surface area contributed by atoms with Crippen molar-refractivity contribution in [3.8, 4) is 0 Å². The summed E-state index contributed by atoms with van der Waals surface area (Å²) in [6.07, 6.45) is -56.5. The zero-order chi connectivity index (χ0) is 74.2. The Kier molecular flexibility index (Phi) is 108. The van der Waals surface area contributed by atoms with E-state index < -0.39 is 259 Å². The van der Waals surface area contributed by atoms with Crippen molar-refractivity contribution in [1.82, 2.24) is 0 Å². The summed E-state index contributed by atoms with van der Waals surface area (Å²) in [7, 11) is 0. The summed E-state index contributed by atoms with van der Waals surface area (Å²) in [4.78, 5) is 69.9. The minimum atomic E-state index is -2.31. The number of carbonyl (C=O) groups excluding carboxylic acids is 7. The maximum Gasteiger partial charge on any atom is 1.00 e. The molecular weight excluding hydrogens is 1560 g/mol. The molecule has 0 aromatic carbocycles. The molecule has 0 fully saturated rings. The molecule has 546 valence electrons. The van der Waals surface area contributed by atoms with Crippen LogP contribution in [0.25, 0.3) is 0 Å². The summed E-state index contributed by atoms with van der Waals surface area (Å²) in [5.74, 6) is -13.8. The SMILES string of the molecule is O=C([O-])[C@H](O)[C@@H](O)[C@H](O)[C@H](O)CO.O=C([O-])[C@H](O)[C@@H](O)[C@H](O)[C@H](O)CO.O=C([O-])[C@H](O)[C@@H](O)[C@H](O)[C@H](O)CO.O=C([O-])[C@H](O)[C@@H](O)[C@H](O)[C@H](O)CO.O=C([O-])[C@H](O)[C@@H](O)[C@H](O)[C@H](O)CO.O=C([O-])[C@H](O)[C@@H](O)[C@H](O)[C@H](O)CO.O=C([O-])[C@H](O)[C@@H](O)[C@H](O)[C@H](O)CO.[K+].[K+].[K+].[K+].[K+].[K+].[K+]. The molecule has 0 saturated carbocycles. The van der Waals surface area contributed by atoms with E-state index in [0.29, 0.717) is 0 Å². The van der Waals surface area contributed by atoms with Gasteiger partial charge in [0.05, 0.1) is 88.0 Å². The van der Waals surface area contributed by atoms with E-state index in [1.165, 1.54) is 0 Å².